The molecule has 0 rings (SSSR count). The zero-order chi connectivity index (χ0) is 11.0. The molecule has 0 aromatic rings. The van der Waals surface area contributed by atoms with Crippen molar-refractivity contribution in [2.24, 2.45) is 5.73 Å². The second-order valence-corrected chi connectivity index (χ2v) is 4.98. The number of nitrogens with two attached hydrogens (primary N) is 1. The van der Waals surface area contributed by atoms with Crippen LogP contribution in [0, 0.1) is 0 Å². The summed E-state index contributed by atoms with van der Waals surface area (Å²) in [6, 6.07) is 0.0534. The van der Waals surface area contributed by atoms with Crippen molar-refractivity contribution >= 4 is 16.7 Å². The summed E-state index contributed by atoms with van der Waals surface area (Å²) in [5.74, 6) is 0.485. The molecule has 0 radical (unpaired) electrons. The lowest BCUT2D eigenvalue weighted by Crippen LogP contribution is -2.30. The Kier molecular flexibility index (Phi) is 7.70. The van der Waals surface area contributed by atoms with Crippen molar-refractivity contribution in [1.82, 2.24) is 5.32 Å². The van der Waals surface area contributed by atoms with E-state index in [1.165, 1.54) is 0 Å². The van der Waals surface area contributed by atoms with Crippen molar-refractivity contribution in [2.75, 3.05) is 18.1 Å². The van der Waals surface area contributed by atoms with Crippen LogP contribution in [0.2, 0.25) is 0 Å². The first-order valence-electron chi connectivity index (χ1n) is 4.93. The normalized spacial score (nSPS) is 14.8. The predicted octanol–water partition coefficient (Wildman–Crippen LogP) is -0.00140. The number of hydrogen-bond donors (Lipinski definition) is 2. The Balaban J connectivity index is 3.55. The fraction of sp³-hybridized carbons (Fsp3) is 0.889. The molecule has 0 fully saturated rings. The second kappa shape index (κ2) is 7.94. The highest BCUT2D eigenvalue weighted by molar-refractivity contribution is 7.85. The minimum Gasteiger partial charge on any atom is -0.355 e. The van der Waals surface area contributed by atoms with Crippen LogP contribution in [0.15, 0.2) is 0 Å². The SMILES string of the molecule is CCCNC(=O)CS(=O)CCC(C)N. The minimum atomic E-state index is -1.07. The number of carbonyl (C=O) groups excluding carboxylic acids is 1. The summed E-state index contributed by atoms with van der Waals surface area (Å²) in [4.78, 5) is 11.1. The molecule has 0 bridgehead atoms. The number of nitrogens with one attached hydrogen (secondary N) is 1. The molecule has 0 aliphatic carbocycles. The highest BCUT2D eigenvalue weighted by Gasteiger charge is 2.07. The molecule has 0 saturated carbocycles. The first-order valence-corrected chi connectivity index (χ1v) is 6.42. The summed E-state index contributed by atoms with van der Waals surface area (Å²) in [6.07, 6.45) is 1.60. The van der Waals surface area contributed by atoms with Gasteiger partial charge in [0.25, 0.3) is 0 Å². The van der Waals surface area contributed by atoms with Crippen LogP contribution in [0.25, 0.3) is 0 Å². The number of amides is 1. The molecule has 84 valence electrons. The Bertz CT molecular complexity index is 195. The Morgan fingerprint density at radius 1 is 1.57 bits per heavy atom. The van der Waals surface area contributed by atoms with Crippen LogP contribution in [0.5, 0.6) is 0 Å². The van der Waals surface area contributed by atoms with Gasteiger partial charge in [-0.25, -0.2) is 0 Å². The Labute approximate surface area is 88.1 Å². The molecule has 0 saturated heterocycles. The third-order valence-electron chi connectivity index (χ3n) is 1.67. The summed E-state index contributed by atoms with van der Waals surface area (Å²) in [5.41, 5.74) is 5.52. The third kappa shape index (κ3) is 8.19. The average Bonchev–Trinajstić information content (AvgIpc) is 2.11. The van der Waals surface area contributed by atoms with Gasteiger partial charge in [0.2, 0.25) is 5.91 Å². The topological polar surface area (TPSA) is 72.2 Å². The predicted molar refractivity (Wildman–Crippen MR) is 59.4 cm³/mol. The highest BCUT2D eigenvalue weighted by Crippen LogP contribution is 1.91. The van der Waals surface area contributed by atoms with E-state index >= 15 is 0 Å². The van der Waals surface area contributed by atoms with Gasteiger partial charge in [-0.1, -0.05) is 6.92 Å². The van der Waals surface area contributed by atoms with Crippen molar-refractivity contribution < 1.29 is 9.00 Å². The van der Waals surface area contributed by atoms with Gasteiger partial charge in [0.15, 0.2) is 0 Å². The van der Waals surface area contributed by atoms with Gasteiger partial charge in [-0.3, -0.25) is 9.00 Å². The van der Waals surface area contributed by atoms with Crippen molar-refractivity contribution in [2.45, 2.75) is 32.7 Å². The molecule has 5 heteroatoms. The van der Waals surface area contributed by atoms with Crippen LogP contribution < -0.4 is 11.1 Å². The Morgan fingerprint density at radius 3 is 2.71 bits per heavy atom. The summed E-state index contributed by atoms with van der Waals surface area (Å²) >= 11 is 0. The maximum absolute atomic E-state index is 11.3. The standard InChI is InChI=1S/C9H20N2O2S/c1-3-5-11-9(12)7-14(13)6-4-8(2)10/h8H,3-7,10H2,1-2H3,(H,11,12). The molecule has 14 heavy (non-hydrogen) atoms. The molecule has 0 aliphatic rings. The molecular weight excluding hydrogens is 200 g/mol. The van der Waals surface area contributed by atoms with Crippen molar-refractivity contribution in [3.8, 4) is 0 Å². The van der Waals surface area contributed by atoms with Crippen molar-refractivity contribution in [3.63, 3.8) is 0 Å². The van der Waals surface area contributed by atoms with Gasteiger partial charge in [-0.2, -0.15) is 0 Å². The van der Waals surface area contributed by atoms with Crippen LogP contribution in [0.4, 0.5) is 0 Å². The fourth-order valence-corrected chi connectivity index (χ4v) is 2.02. The Morgan fingerprint density at radius 2 is 2.21 bits per heavy atom. The number of hydrogen-bond acceptors (Lipinski definition) is 3. The maximum Gasteiger partial charge on any atom is 0.232 e. The molecule has 0 aromatic carbocycles. The Hall–Kier alpha value is -0.420. The van der Waals surface area contributed by atoms with E-state index in [9.17, 15) is 9.00 Å². The summed E-state index contributed by atoms with van der Waals surface area (Å²) in [5, 5.41) is 2.69. The quantitative estimate of drug-likeness (QED) is 0.634. The third-order valence-corrected chi connectivity index (χ3v) is 2.94. The van der Waals surface area contributed by atoms with E-state index in [-0.39, 0.29) is 17.7 Å². The van der Waals surface area contributed by atoms with Gasteiger partial charge in [0, 0.05) is 29.1 Å². The lowest BCUT2D eigenvalue weighted by Gasteiger charge is -2.05. The van der Waals surface area contributed by atoms with Crippen molar-refractivity contribution in [1.29, 1.82) is 0 Å². The zero-order valence-corrected chi connectivity index (χ0v) is 9.73. The maximum atomic E-state index is 11.3. The monoisotopic (exact) mass is 220 g/mol. The van der Waals surface area contributed by atoms with E-state index in [4.69, 9.17) is 5.73 Å². The summed E-state index contributed by atoms with van der Waals surface area (Å²) in [7, 11) is -1.07. The van der Waals surface area contributed by atoms with E-state index < -0.39 is 10.8 Å². The van der Waals surface area contributed by atoms with E-state index in [1.54, 1.807) is 0 Å². The molecule has 2 unspecified atom stereocenters. The lowest BCUT2D eigenvalue weighted by atomic mass is 10.3. The van der Waals surface area contributed by atoms with Gasteiger partial charge in [0.05, 0.1) is 0 Å². The molecular formula is C9H20N2O2S. The molecule has 0 heterocycles. The molecule has 3 N–H and O–H groups in total. The first-order chi connectivity index (χ1) is 6.56. The van der Waals surface area contributed by atoms with E-state index in [0.29, 0.717) is 18.7 Å². The summed E-state index contributed by atoms with van der Waals surface area (Å²) in [6.45, 7) is 4.50. The lowest BCUT2D eigenvalue weighted by molar-refractivity contribution is -0.118. The zero-order valence-electron chi connectivity index (χ0n) is 8.91. The smallest absolute Gasteiger partial charge is 0.232 e. The van der Waals surface area contributed by atoms with Crippen LogP contribution in [-0.2, 0) is 15.6 Å². The molecule has 4 nitrogen and oxygen atoms in total. The van der Waals surface area contributed by atoms with E-state index in [1.807, 2.05) is 13.8 Å². The van der Waals surface area contributed by atoms with Gasteiger partial charge >= 0.3 is 0 Å². The van der Waals surface area contributed by atoms with Gasteiger partial charge < -0.3 is 11.1 Å². The minimum absolute atomic E-state index is 0.0534. The van der Waals surface area contributed by atoms with Gasteiger partial charge in [0.1, 0.15) is 5.75 Å². The highest BCUT2D eigenvalue weighted by atomic mass is 32.2. The molecule has 0 spiro atoms. The van der Waals surface area contributed by atoms with Crippen LogP contribution in [0.1, 0.15) is 26.7 Å². The molecule has 1 amide bonds. The largest absolute Gasteiger partial charge is 0.355 e. The van der Waals surface area contributed by atoms with E-state index in [0.717, 1.165) is 6.42 Å². The first kappa shape index (κ1) is 13.6. The average molecular weight is 220 g/mol. The second-order valence-electron chi connectivity index (χ2n) is 3.40. The molecule has 0 aromatic heterocycles. The summed E-state index contributed by atoms with van der Waals surface area (Å²) < 4.78 is 11.3. The van der Waals surface area contributed by atoms with Crippen LogP contribution >= 0.6 is 0 Å². The molecule has 0 aliphatic heterocycles. The number of carbonyl (C=O) groups is 1. The number of rotatable bonds is 7. The van der Waals surface area contributed by atoms with Crippen LogP contribution in [-0.4, -0.2) is 34.2 Å². The van der Waals surface area contributed by atoms with Crippen LogP contribution in [0.3, 0.4) is 0 Å². The van der Waals surface area contributed by atoms with Crippen molar-refractivity contribution in [3.05, 3.63) is 0 Å². The van der Waals surface area contributed by atoms with Gasteiger partial charge in [-0.05, 0) is 19.8 Å². The van der Waals surface area contributed by atoms with Gasteiger partial charge in [-0.15, -0.1) is 0 Å². The molecule has 2 atom stereocenters. The fourth-order valence-electron chi connectivity index (χ4n) is 0.851. The van der Waals surface area contributed by atoms with E-state index in [2.05, 4.69) is 5.32 Å².